The largest absolute Gasteiger partial charge is 0.300 e. The van der Waals surface area contributed by atoms with Gasteiger partial charge in [0.15, 0.2) is 0 Å². The molecule has 28 heavy (non-hydrogen) atoms. The van der Waals surface area contributed by atoms with Crippen LogP contribution in [0.4, 0.5) is 0 Å². The summed E-state index contributed by atoms with van der Waals surface area (Å²) in [4.78, 5) is 12.1. The van der Waals surface area contributed by atoms with E-state index in [9.17, 15) is 4.79 Å². The van der Waals surface area contributed by atoms with Gasteiger partial charge in [0.1, 0.15) is 5.78 Å². The van der Waals surface area contributed by atoms with Crippen molar-refractivity contribution < 1.29 is 4.79 Å². The Morgan fingerprint density at radius 1 is 0.607 bits per heavy atom. The summed E-state index contributed by atoms with van der Waals surface area (Å²) >= 11 is 0. The van der Waals surface area contributed by atoms with Crippen LogP contribution in [0.5, 0.6) is 0 Å². The number of hydrogen-bond donors (Lipinski definition) is 0. The molecule has 0 amide bonds. The van der Waals surface area contributed by atoms with Gasteiger partial charge in [-0.05, 0) is 30.6 Å². The first kappa shape index (κ1) is 27.7. The van der Waals surface area contributed by atoms with E-state index in [1.165, 1.54) is 96.3 Å². The van der Waals surface area contributed by atoms with E-state index < -0.39 is 0 Å². The third kappa shape index (κ3) is 16.6. The molecule has 2 unspecified atom stereocenters. The van der Waals surface area contributed by atoms with Gasteiger partial charge in [0.25, 0.3) is 0 Å². The van der Waals surface area contributed by atoms with Gasteiger partial charge in [-0.15, -0.1) is 0 Å². The smallest absolute Gasteiger partial charge is 0.133 e. The molecule has 1 nitrogen and oxygen atoms in total. The Bertz CT molecular complexity index is 333. The Morgan fingerprint density at radius 3 is 1.57 bits per heavy atom. The second-order valence-corrected chi connectivity index (χ2v) is 9.72. The Morgan fingerprint density at radius 2 is 1.07 bits per heavy atom. The lowest BCUT2D eigenvalue weighted by atomic mass is 9.79. The van der Waals surface area contributed by atoms with Crippen LogP contribution in [0, 0.1) is 17.8 Å². The van der Waals surface area contributed by atoms with E-state index in [0.717, 1.165) is 31.1 Å². The average molecular weight is 395 g/mol. The molecule has 0 saturated heterocycles. The zero-order valence-corrected chi connectivity index (χ0v) is 20.4. The summed E-state index contributed by atoms with van der Waals surface area (Å²) in [6.07, 6.45) is 23.6. The maximum absolute atomic E-state index is 12.1. The minimum absolute atomic E-state index is 0.483. The van der Waals surface area contributed by atoms with Gasteiger partial charge in [-0.3, -0.25) is 4.79 Å². The second kappa shape index (κ2) is 20.0. The first-order chi connectivity index (χ1) is 13.5. The van der Waals surface area contributed by atoms with E-state index in [4.69, 9.17) is 0 Å². The highest BCUT2D eigenvalue weighted by Gasteiger charge is 2.19. The summed E-state index contributed by atoms with van der Waals surface area (Å²) in [5.41, 5.74) is 0. The van der Waals surface area contributed by atoms with Crippen molar-refractivity contribution in [2.75, 3.05) is 0 Å². The summed E-state index contributed by atoms with van der Waals surface area (Å²) in [6, 6.07) is 0. The standard InChI is InChI=1S/C27H54O/c1-6-9-11-13-14-15-17-20-26(19-16-12-10-7-2)25(8-3)21-18-22-27(28)23-24(4)5/h24-26H,6-23H2,1-5H3. The number of ketones is 1. The van der Waals surface area contributed by atoms with Gasteiger partial charge < -0.3 is 0 Å². The average Bonchev–Trinajstić information content (AvgIpc) is 2.66. The number of Topliss-reactive ketones (excluding diaryl/α,β-unsaturated/α-hetero) is 1. The van der Waals surface area contributed by atoms with Crippen molar-refractivity contribution in [2.45, 2.75) is 150 Å². The van der Waals surface area contributed by atoms with Crippen LogP contribution >= 0.6 is 0 Å². The Balaban J connectivity index is 4.31. The minimum Gasteiger partial charge on any atom is -0.300 e. The van der Waals surface area contributed by atoms with Crippen LogP contribution in [0.2, 0.25) is 0 Å². The Labute approximate surface area is 178 Å². The summed E-state index contributed by atoms with van der Waals surface area (Å²) < 4.78 is 0. The van der Waals surface area contributed by atoms with Crippen LogP contribution in [0.25, 0.3) is 0 Å². The molecule has 0 fully saturated rings. The van der Waals surface area contributed by atoms with E-state index in [0.29, 0.717) is 11.7 Å². The highest BCUT2D eigenvalue weighted by atomic mass is 16.1. The first-order valence-corrected chi connectivity index (χ1v) is 13.1. The summed E-state index contributed by atoms with van der Waals surface area (Å²) in [5.74, 6) is 2.74. The Kier molecular flexibility index (Phi) is 19.7. The first-order valence-electron chi connectivity index (χ1n) is 13.1. The fraction of sp³-hybridized carbons (Fsp3) is 0.963. The predicted molar refractivity (Wildman–Crippen MR) is 127 cm³/mol. The molecule has 1 heteroatoms. The molecule has 0 aromatic rings. The van der Waals surface area contributed by atoms with Gasteiger partial charge in [-0.2, -0.15) is 0 Å². The third-order valence-electron chi connectivity index (χ3n) is 6.46. The molecule has 0 aromatic heterocycles. The molecule has 0 spiro atoms. The van der Waals surface area contributed by atoms with Gasteiger partial charge in [0.05, 0.1) is 0 Å². The van der Waals surface area contributed by atoms with Gasteiger partial charge in [-0.25, -0.2) is 0 Å². The third-order valence-corrected chi connectivity index (χ3v) is 6.46. The summed E-state index contributed by atoms with van der Waals surface area (Å²) in [7, 11) is 0. The molecule has 0 radical (unpaired) electrons. The molecule has 0 aromatic carbocycles. The zero-order chi connectivity index (χ0) is 21.0. The maximum atomic E-state index is 12.1. The predicted octanol–water partition coefficient (Wildman–Crippen LogP) is 9.53. The molecular weight excluding hydrogens is 340 g/mol. The summed E-state index contributed by atoms with van der Waals surface area (Å²) in [6.45, 7) is 11.3. The number of carbonyl (C=O) groups is 1. The molecule has 2 atom stereocenters. The van der Waals surface area contributed by atoms with E-state index in [2.05, 4.69) is 34.6 Å². The monoisotopic (exact) mass is 394 g/mol. The molecule has 0 bridgehead atoms. The van der Waals surface area contributed by atoms with Crippen LogP contribution in [-0.2, 0) is 4.79 Å². The maximum Gasteiger partial charge on any atom is 0.133 e. The van der Waals surface area contributed by atoms with E-state index in [1.807, 2.05) is 0 Å². The molecule has 0 aliphatic carbocycles. The van der Waals surface area contributed by atoms with Crippen molar-refractivity contribution in [2.24, 2.45) is 17.8 Å². The molecule has 168 valence electrons. The van der Waals surface area contributed by atoms with Crippen molar-refractivity contribution in [3.05, 3.63) is 0 Å². The van der Waals surface area contributed by atoms with Crippen molar-refractivity contribution in [1.82, 2.24) is 0 Å². The van der Waals surface area contributed by atoms with Crippen LogP contribution in [0.3, 0.4) is 0 Å². The SMILES string of the molecule is CCCCCCCCCC(CCCCCC)C(CC)CCCC(=O)CC(C)C. The lowest BCUT2D eigenvalue weighted by molar-refractivity contribution is -0.119. The number of hydrogen-bond acceptors (Lipinski definition) is 1. The van der Waals surface area contributed by atoms with E-state index in [-0.39, 0.29) is 0 Å². The fourth-order valence-corrected chi connectivity index (χ4v) is 4.70. The van der Waals surface area contributed by atoms with E-state index in [1.54, 1.807) is 0 Å². The number of carbonyl (C=O) groups excluding carboxylic acids is 1. The van der Waals surface area contributed by atoms with Crippen LogP contribution < -0.4 is 0 Å². The number of rotatable bonds is 21. The van der Waals surface area contributed by atoms with Crippen LogP contribution in [0.15, 0.2) is 0 Å². The van der Waals surface area contributed by atoms with Crippen molar-refractivity contribution in [3.63, 3.8) is 0 Å². The Hall–Kier alpha value is -0.330. The molecule has 0 heterocycles. The number of unbranched alkanes of at least 4 members (excludes halogenated alkanes) is 9. The molecule has 0 aliphatic rings. The van der Waals surface area contributed by atoms with Crippen molar-refractivity contribution in [1.29, 1.82) is 0 Å². The quantitative estimate of drug-likeness (QED) is 0.177. The van der Waals surface area contributed by atoms with Gasteiger partial charge >= 0.3 is 0 Å². The molecule has 0 saturated carbocycles. The van der Waals surface area contributed by atoms with Gasteiger partial charge in [-0.1, -0.05) is 125 Å². The van der Waals surface area contributed by atoms with Crippen molar-refractivity contribution >= 4 is 5.78 Å². The highest BCUT2D eigenvalue weighted by molar-refractivity contribution is 5.78. The van der Waals surface area contributed by atoms with Crippen LogP contribution in [-0.4, -0.2) is 5.78 Å². The summed E-state index contributed by atoms with van der Waals surface area (Å²) in [5, 5.41) is 0. The molecular formula is C27H54O. The molecule has 0 N–H and O–H groups in total. The van der Waals surface area contributed by atoms with Crippen LogP contribution in [0.1, 0.15) is 150 Å². The minimum atomic E-state index is 0.483. The fourth-order valence-electron chi connectivity index (χ4n) is 4.70. The molecule has 0 aliphatic heterocycles. The zero-order valence-electron chi connectivity index (χ0n) is 20.4. The van der Waals surface area contributed by atoms with E-state index >= 15 is 0 Å². The second-order valence-electron chi connectivity index (χ2n) is 9.72. The topological polar surface area (TPSA) is 17.1 Å². The lowest BCUT2D eigenvalue weighted by Crippen LogP contribution is -2.15. The van der Waals surface area contributed by atoms with Crippen molar-refractivity contribution in [3.8, 4) is 0 Å². The van der Waals surface area contributed by atoms with Gasteiger partial charge in [0, 0.05) is 12.8 Å². The lowest BCUT2D eigenvalue weighted by Gasteiger charge is -2.27. The highest BCUT2D eigenvalue weighted by Crippen LogP contribution is 2.31. The van der Waals surface area contributed by atoms with Gasteiger partial charge in [0.2, 0.25) is 0 Å². The molecule has 0 rings (SSSR count). The normalized spacial score (nSPS) is 13.8.